The molecule has 0 fully saturated rings. The number of ketones is 1. The smallest absolute Gasteiger partial charge is 0.162 e. The normalized spacial score (nSPS) is 22.8. The summed E-state index contributed by atoms with van der Waals surface area (Å²) < 4.78 is 17.4. The lowest BCUT2D eigenvalue weighted by Gasteiger charge is -2.46. The Morgan fingerprint density at radius 1 is 1.03 bits per heavy atom. The molecule has 4 aliphatic rings. The van der Waals surface area contributed by atoms with Gasteiger partial charge in [-0.2, -0.15) is 0 Å². The summed E-state index contributed by atoms with van der Waals surface area (Å²) in [5, 5.41) is 0. The van der Waals surface area contributed by atoms with Gasteiger partial charge in [-0.3, -0.25) is 4.79 Å². The van der Waals surface area contributed by atoms with Gasteiger partial charge in [0.15, 0.2) is 17.3 Å². The molecule has 34 heavy (non-hydrogen) atoms. The monoisotopic (exact) mass is 457 g/mol. The molecular formula is C29H31NO4. The SMILES string of the molecule is COc1ccc(C2C=C3c4cc5c(cc4CCN3C3=C2C(=O)CC(C)(C)C3)OCCCO5)cc1. The van der Waals surface area contributed by atoms with E-state index in [-0.39, 0.29) is 17.1 Å². The Kier molecular flexibility index (Phi) is 4.98. The fourth-order valence-corrected chi connectivity index (χ4v) is 5.87. The van der Waals surface area contributed by atoms with E-state index >= 15 is 0 Å². The van der Waals surface area contributed by atoms with E-state index in [4.69, 9.17) is 14.2 Å². The summed E-state index contributed by atoms with van der Waals surface area (Å²) >= 11 is 0. The largest absolute Gasteiger partial charge is 0.497 e. The van der Waals surface area contributed by atoms with Gasteiger partial charge < -0.3 is 19.1 Å². The first kappa shape index (κ1) is 21.3. The van der Waals surface area contributed by atoms with Crippen LogP contribution in [-0.2, 0) is 11.2 Å². The molecule has 3 aliphatic heterocycles. The van der Waals surface area contributed by atoms with Crippen LogP contribution in [0.1, 0.15) is 55.7 Å². The Labute approximate surface area is 201 Å². The molecule has 2 aromatic rings. The van der Waals surface area contributed by atoms with Gasteiger partial charge in [-0.1, -0.05) is 26.0 Å². The number of nitrogens with zero attached hydrogens (tertiary/aromatic N) is 1. The zero-order valence-corrected chi connectivity index (χ0v) is 20.1. The lowest BCUT2D eigenvalue weighted by atomic mass is 9.69. The zero-order chi connectivity index (χ0) is 23.4. The third kappa shape index (κ3) is 3.49. The van der Waals surface area contributed by atoms with Crippen molar-refractivity contribution in [3.8, 4) is 17.2 Å². The standard InChI is InChI=1S/C29H31NO4/c1-29(2)16-24-28(25(31)17-29)22(18-5-7-20(32-3)8-6-18)14-23-21-15-27-26(33-11-4-12-34-27)13-19(21)9-10-30(23)24/h5-8,13-15,22H,4,9-12,16-17H2,1-3H3. The van der Waals surface area contributed by atoms with Crippen LogP contribution in [0.3, 0.4) is 0 Å². The molecule has 0 radical (unpaired) electrons. The molecule has 0 aromatic heterocycles. The van der Waals surface area contributed by atoms with Crippen molar-refractivity contribution < 1.29 is 19.0 Å². The van der Waals surface area contributed by atoms with Crippen molar-refractivity contribution in [1.29, 1.82) is 0 Å². The fourth-order valence-electron chi connectivity index (χ4n) is 5.87. The maximum absolute atomic E-state index is 13.5. The number of carbonyl (C=O) groups is 1. The van der Waals surface area contributed by atoms with Crippen molar-refractivity contribution in [3.05, 3.63) is 70.4 Å². The van der Waals surface area contributed by atoms with Crippen LogP contribution < -0.4 is 14.2 Å². The van der Waals surface area contributed by atoms with Crippen molar-refractivity contribution in [2.24, 2.45) is 5.41 Å². The molecule has 0 saturated carbocycles. The van der Waals surface area contributed by atoms with Gasteiger partial charge in [-0.15, -0.1) is 0 Å². The number of Topliss-reactive ketones (excluding diaryl/α,β-unsaturated/α-hetero) is 1. The first-order chi connectivity index (χ1) is 16.4. The number of rotatable bonds is 2. The average Bonchev–Trinajstić information content (AvgIpc) is 3.06. The highest BCUT2D eigenvalue weighted by Crippen LogP contribution is 2.51. The van der Waals surface area contributed by atoms with Crippen LogP contribution in [0, 0.1) is 5.41 Å². The number of hydrogen-bond acceptors (Lipinski definition) is 5. The second-order valence-electron chi connectivity index (χ2n) is 10.5. The molecule has 0 N–H and O–H groups in total. The topological polar surface area (TPSA) is 48.0 Å². The zero-order valence-electron chi connectivity index (χ0n) is 20.1. The summed E-state index contributed by atoms with van der Waals surface area (Å²) in [4.78, 5) is 15.9. The third-order valence-corrected chi connectivity index (χ3v) is 7.48. The van der Waals surface area contributed by atoms with Crippen LogP contribution in [0.15, 0.2) is 53.7 Å². The predicted molar refractivity (Wildman–Crippen MR) is 131 cm³/mol. The fraction of sp³-hybridized carbons (Fsp3) is 0.414. The molecule has 0 spiro atoms. The van der Waals surface area contributed by atoms with E-state index in [1.54, 1.807) is 7.11 Å². The summed E-state index contributed by atoms with van der Waals surface area (Å²) in [5.41, 5.74) is 6.88. The molecule has 0 bridgehead atoms. The van der Waals surface area contributed by atoms with E-state index in [2.05, 4.69) is 49.1 Å². The van der Waals surface area contributed by atoms with Gasteiger partial charge in [0, 0.05) is 47.8 Å². The average molecular weight is 458 g/mol. The summed E-state index contributed by atoms with van der Waals surface area (Å²) in [6.07, 6.45) is 5.59. The molecule has 6 rings (SSSR count). The first-order valence-corrected chi connectivity index (χ1v) is 12.3. The molecule has 5 nitrogen and oxygen atoms in total. The van der Waals surface area contributed by atoms with Crippen molar-refractivity contribution in [2.75, 3.05) is 26.9 Å². The van der Waals surface area contributed by atoms with Crippen LogP contribution in [0.5, 0.6) is 17.2 Å². The maximum Gasteiger partial charge on any atom is 0.162 e. The minimum Gasteiger partial charge on any atom is -0.497 e. The number of methoxy groups -OCH3 is 1. The number of fused-ring (bicyclic) bond motifs is 5. The van der Waals surface area contributed by atoms with E-state index in [1.165, 1.54) is 22.5 Å². The van der Waals surface area contributed by atoms with Crippen LogP contribution in [0.25, 0.3) is 5.70 Å². The molecule has 5 heteroatoms. The Bertz CT molecular complexity index is 1220. The van der Waals surface area contributed by atoms with E-state index in [1.807, 2.05) is 12.1 Å². The van der Waals surface area contributed by atoms with Crippen LogP contribution in [0.2, 0.25) is 0 Å². The number of carbonyl (C=O) groups excluding carboxylic acids is 1. The van der Waals surface area contributed by atoms with Crippen LogP contribution in [0.4, 0.5) is 0 Å². The van der Waals surface area contributed by atoms with Crippen molar-refractivity contribution in [2.45, 2.75) is 45.4 Å². The number of benzene rings is 2. The Morgan fingerprint density at radius 2 is 1.76 bits per heavy atom. The van der Waals surface area contributed by atoms with E-state index in [9.17, 15) is 4.79 Å². The van der Waals surface area contributed by atoms with Crippen LogP contribution in [-0.4, -0.2) is 37.6 Å². The Morgan fingerprint density at radius 3 is 2.50 bits per heavy atom. The van der Waals surface area contributed by atoms with E-state index < -0.39 is 0 Å². The van der Waals surface area contributed by atoms with E-state index in [0.717, 1.165) is 54.2 Å². The lowest BCUT2D eigenvalue weighted by Crippen LogP contribution is -2.40. The molecule has 1 atom stereocenters. The van der Waals surface area contributed by atoms with Gasteiger partial charge in [0.2, 0.25) is 0 Å². The number of allylic oxidation sites excluding steroid dienone is 3. The lowest BCUT2D eigenvalue weighted by molar-refractivity contribution is -0.118. The first-order valence-electron chi connectivity index (χ1n) is 12.3. The second-order valence-corrected chi connectivity index (χ2v) is 10.5. The van der Waals surface area contributed by atoms with Gasteiger partial charge in [0.25, 0.3) is 0 Å². The number of hydrogen-bond donors (Lipinski definition) is 0. The second kappa shape index (κ2) is 7.93. The Hall–Kier alpha value is -3.21. The summed E-state index contributed by atoms with van der Waals surface area (Å²) in [5.74, 6) is 2.69. The third-order valence-electron chi connectivity index (χ3n) is 7.48. The minimum atomic E-state index is -0.0716. The highest BCUT2D eigenvalue weighted by Gasteiger charge is 2.42. The quantitative estimate of drug-likeness (QED) is 0.596. The predicted octanol–water partition coefficient (Wildman–Crippen LogP) is 5.50. The summed E-state index contributed by atoms with van der Waals surface area (Å²) in [6.45, 7) is 6.64. The Balaban J connectivity index is 1.51. The number of ether oxygens (including phenoxy) is 3. The van der Waals surface area contributed by atoms with Crippen molar-refractivity contribution in [1.82, 2.24) is 4.90 Å². The van der Waals surface area contributed by atoms with Gasteiger partial charge in [0.1, 0.15) is 5.75 Å². The molecular weight excluding hydrogens is 426 g/mol. The molecule has 0 saturated heterocycles. The highest BCUT2D eigenvalue weighted by atomic mass is 16.5. The molecule has 1 unspecified atom stereocenters. The molecule has 3 heterocycles. The van der Waals surface area contributed by atoms with Gasteiger partial charge in [0.05, 0.1) is 20.3 Å². The van der Waals surface area contributed by atoms with Gasteiger partial charge in [-0.25, -0.2) is 0 Å². The maximum atomic E-state index is 13.5. The van der Waals surface area contributed by atoms with E-state index in [0.29, 0.717) is 19.6 Å². The molecule has 0 amide bonds. The highest BCUT2D eigenvalue weighted by molar-refractivity contribution is 6.01. The summed E-state index contributed by atoms with van der Waals surface area (Å²) in [6, 6.07) is 12.5. The van der Waals surface area contributed by atoms with Crippen molar-refractivity contribution in [3.63, 3.8) is 0 Å². The van der Waals surface area contributed by atoms with Crippen LogP contribution >= 0.6 is 0 Å². The molecule has 1 aliphatic carbocycles. The molecule has 176 valence electrons. The summed E-state index contributed by atoms with van der Waals surface area (Å²) in [7, 11) is 1.68. The van der Waals surface area contributed by atoms with Gasteiger partial charge >= 0.3 is 0 Å². The minimum absolute atomic E-state index is 0.0478. The van der Waals surface area contributed by atoms with Crippen molar-refractivity contribution >= 4 is 11.5 Å². The molecule has 2 aromatic carbocycles. The van der Waals surface area contributed by atoms with Gasteiger partial charge in [-0.05, 0) is 59.7 Å².